The number of carbonyl (C=O) groups excluding carboxylic acids is 6. The normalized spacial score (nSPS) is 15.5. The van der Waals surface area contributed by atoms with Crippen molar-refractivity contribution in [3.63, 3.8) is 0 Å². The smallest absolute Gasteiger partial charge is 0.411 e. The Balaban J connectivity index is -0.000000112. The maximum Gasteiger partial charge on any atom is 0.411 e. The van der Waals surface area contributed by atoms with Gasteiger partial charge >= 0.3 is 12.2 Å². The van der Waals surface area contributed by atoms with E-state index in [9.17, 15) is 39.0 Å². The van der Waals surface area contributed by atoms with E-state index in [0.717, 1.165) is 107 Å². The summed E-state index contributed by atoms with van der Waals surface area (Å²) >= 11 is 0. The van der Waals surface area contributed by atoms with Crippen LogP contribution in [0.5, 0.6) is 11.5 Å². The Labute approximate surface area is 640 Å². The van der Waals surface area contributed by atoms with Crippen molar-refractivity contribution in [3.05, 3.63) is 58.7 Å². The van der Waals surface area contributed by atoms with Gasteiger partial charge in [-0.2, -0.15) is 0 Å². The molecule has 0 aliphatic carbocycles. The summed E-state index contributed by atoms with van der Waals surface area (Å²) in [5, 5.41) is 34.9. The van der Waals surface area contributed by atoms with Crippen molar-refractivity contribution < 1.29 is 61.3 Å². The number of likely N-dealkylation sites (N-methyl/N-ethyl adjacent to an activating group) is 5. The van der Waals surface area contributed by atoms with Gasteiger partial charge in [-0.15, -0.1) is 0 Å². The van der Waals surface area contributed by atoms with Gasteiger partial charge in [0.1, 0.15) is 34.8 Å². The molecule has 2 aromatic rings. The van der Waals surface area contributed by atoms with E-state index < -0.39 is 35.5 Å². The van der Waals surface area contributed by atoms with Crippen LogP contribution in [0.3, 0.4) is 0 Å². The van der Waals surface area contributed by atoms with Gasteiger partial charge < -0.3 is 82.2 Å². The highest BCUT2D eigenvalue weighted by atomic mass is 16.6. The number of fused-ring (bicyclic) bond motifs is 2. The molecule has 0 spiro atoms. The van der Waals surface area contributed by atoms with Crippen LogP contribution in [-0.2, 0) is 54.6 Å². The lowest BCUT2D eigenvalue weighted by Gasteiger charge is -2.38. The molecule has 0 radical (unpaired) electrons. The number of rotatable bonds is 30. The van der Waals surface area contributed by atoms with E-state index in [0.29, 0.717) is 50.4 Å². The van der Waals surface area contributed by atoms with E-state index in [1.54, 1.807) is 54.8 Å². The minimum Gasteiger partial charge on any atom is -0.508 e. The number of nitrogens with one attached hydrogen (secondary N) is 5. The van der Waals surface area contributed by atoms with E-state index in [2.05, 4.69) is 138 Å². The fourth-order valence-electron chi connectivity index (χ4n) is 10.9. The molecule has 23 heteroatoms. The molecule has 0 saturated heterocycles. The maximum absolute atomic E-state index is 13.4. The number of nitrogens with zero attached hydrogens (tertiary/aromatic N) is 6. The molecule has 0 fully saturated rings. The molecular formula is C80H173N13O10. The lowest BCUT2D eigenvalue weighted by atomic mass is 9.93. The van der Waals surface area contributed by atoms with E-state index >= 15 is 0 Å². The number of ether oxygens (including phenoxy) is 2. The van der Waals surface area contributed by atoms with Gasteiger partial charge in [-0.25, -0.2) is 9.59 Å². The van der Waals surface area contributed by atoms with E-state index in [-0.39, 0.29) is 104 Å². The highest BCUT2D eigenvalue weighted by Crippen LogP contribution is 2.29. The molecule has 0 unspecified atom stereocenters. The van der Waals surface area contributed by atoms with Crippen molar-refractivity contribution in [1.29, 1.82) is 0 Å². The van der Waals surface area contributed by atoms with Crippen molar-refractivity contribution in [2.24, 2.45) is 41.1 Å². The third-order valence-electron chi connectivity index (χ3n) is 18.2. The minimum atomic E-state index is -0.666. The van der Waals surface area contributed by atoms with Gasteiger partial charge in [-0.1, -0.05) is 144 Å². The molecule has 11 N–H and O–H groups in total. The van der Waals surface area contributed by atoms with Gasteiger partial charge in [0.05, 0.1) is 18.6 Å². The Morgan fingerprint density at radius 1 is 0.524 bits per heavy atom. The summed E-state index contributed by atoms with van der Waals surface area (Å²) in [5.41, 5.74) is 14.4. The predicted molar refractivity (Wildman–Crippen MR) is 446 cm³/mol. The second-order valence-electron chi connectivity index (χ2n) is 30.1. The molecule has 23 nitrogen and oxygen atoms in total. The van der Waals surface area contributed by atoms with Crippen LogP contribution in [0.25, 0.3) is 0 Å². The lowest BCUT2D eigenvalue weighted by molar-refractivity contribution is -0.134. The van der Waals surface area contributed by atoms with E-state index in [1.165, 1.54) is 4.90 Å². The molecule has 2 aliphatic rings. The summed E-state index contributed by atoms with van der Waals surface area (Å²) < 4.78 is 10.8. The molecule has 2 aromatic carbocycles. The average molecular weight is 1480 g/mol. The molecule has 6 amide bonds. The van der Waals surface area contributed by atoms with Crippen LogP contribution in [-0.4, -0.2) is 227 Å². The highest BCUT2D eigenvalue weighted by molar-refractivity contribution is 5.87. The minimum absolute atomic E-state index is 0. The number of hydrogen-bond acceptors (Lipinski definition) is 17. The summed E-state index contributed by atoms with van der Waals surface area (Å²) in [6.45, 7) is 70.8. The number of benzene rings is 2. The number of phenolic OH excluding ortho intramolecular Hbond substituents is 2. The predicted octanol–water partition coefficient (Wildman–Crippen LogP) is 13.4. The fraction of sp³-hybridized carbons (Fsp3) is 0.775. The number of nitrogens with two attached hydrogens (primary N) is 2. The monoisotopic (exact) mass is 1480 g/mol. The first-order chi connectivity index (χ1) is 47.6. The molecule has 0 aromatic heterocycles. The van der Waals surface area contributed by atoms with Gasteiger partial charge in [0.25, 0.3) is 0 Å². The second-order valence-corrected chi connectivity index (χ2v) is 30.1. The SMILES string of the molecule is C.CCN(CC)C(=O)[C@@H](N)C(C)C.CCN(CC)C(=O)[C@@H](NC(=O)OC(C)(C)C)C(C)C.CCN(CC)C[C@@H](N)C(C)C.CCN(CC)C[C@@H](NC(=O)[C@H]1Cc2ccc(O)cc2CN1)C(C)C.CCN(CC)C[C@@H](NC(=O)[C@H]1Cc2ccc(O)cc2CN1C(=O)OC(C)(C)C)C(C)C.CCNCC.[HH].[HH].[HH].[HH].[HH].[HH].[HH].[HH].[HH]. The van der Waals surface area contributed by atoms with Gasteiger partial charge in [0.15, 0.2) is 0 Å². The number of amides is 6. The number of hydrogen-bond donors (Lipinski definition) is 9. The highest BCUT2D eigenvalue weighted by Gasteiger charge is 2.39. The molecular weight excluding hydrogens is 1300 g/mol. The number of carbonyl (C=O) groups is 6. The Kier molecular flexibility index (Phi) is 52.2. The molecule has 7 atom stereocenters. The Bertz CT molecular complexity index is 2680. The van der Waals surface area contributed by atoms with Gasteiger partial charge in [0.2, 0.25) is 23.6 Å². The largest absolute Gasteiger partial charge is 0.508 e. The zero-order chi connectivity index (χ0) is 78.9. The quantitative estimate of drug-likeness (QED) is 0.0351. The molecule has 0 bridgehead atoms. The number of alkyl carbamates (subject to hydrolysis) is 1. The molecule has 0 saturated carbocycles. The van der Waals surface area contributed by atoms with Crippen molar-refractivity contribution in [2.75, 3.05) is 98.2 Å². The lowest BCUT2D eigenvalue weighted by Crippen LogP contribution is -2.57. The van der Waals surface area contributed by atoms with E-state index in [1.807, 2.05) is 88.3 Å². The van der Waals surface area contributed by atoms with Crippen LogP contribution < -0.4 is 38.1 Å². The van der Waals surface area contributed by atoms with E-state index in [4.69, 9.17) is 20.9 Å². The van der Waals surface area contributed by atoms with Crippen LogP contribution in [0.1, 0.15) is 236 Å². The molecule has 2 heterocycles. The fourth-order valence-corrected chi connectivity index (χ4v) is 10.9. The van der Waals surface area contributed by atoms with Crippen LogP contribution >= 0.6 is 0 Å². The van der Waals surface area contributed by atoms with Gasteiger partial charge in [-0.3, -0.25) is 24.1 Å². The summed E-state index contributed by atoms with van der Waals surface area (Å²) in [5.74, 6) is 1.79. The van der Waals surface area contributed by atoms with Crippen molar-refractivity contribution in [1.82, 2.24) is 56.0 Å². The number of phenols is 2. The Morgan fingerprint density at radius 3 is 1.30 bits per heavy atom. The zero-order valence-electron chi connectivity index (χ0n) is 69.3. The van der Waals surface area contributed by atoms with Crippen LogP contribution in [0.4, 0.5) is 9.59 Å². The molecule has 618 valence electrons. The molecule has 2 aliphatic heterocycles. The van der Waals surface area contributed by atoms with Crippen LogP contribution in [0.15, 0.2) is 36.4 Å². The third-order valence-corrected chi connectivity index (χ3v) is 18.2. The first kappa shape index (κ1) is 101. The summed E-state index contributed by atoms with van der Waals surface area (Å²) in [4.78, 5) is 86.7. The molecule has 4 rings (SSSR count). The third kappa shape index (κ3) is 40.5. The van der Waals surface area contributed by atoms with Crippen LogP contribution in [0.2, 0.25) is 0 Å². The summed E-state index contributed by atoms with van der Waals surface area (Å²) in [6, 6.07) is 9.18. The Hall–Kier alpha value is -5.82. The second kappa shape index (κ2) is 53.0. The van der Waals surface area contributed by atoms with Gasteiger partial charge in [-0.05, 0) is 204 Å². The first-order valence-corrected chi connectivity index (χ1v) is 38.5. The maximum atomic E-state index is 13.4. The van der Waals surface area contributed by atoms with Crippen molar-refractivity contribution >= 4 is 35.8 Å². The zero-order valence-corrected chi connectivity index (χ0v) is 69.3. The van der Waals surface area contributed by atoms with Crippen molar-refractivity contribution in [3.8, 4) is 11.5 Å². The van der Waals surface area contributed by atoms with Gasteiger partial charge in [0, 0.05) is 89.7 Å². The van der Waals surface area contributed by atoms with Crippen LogP contribution in [0, 0.1) is 29.6 Å². The standard InChI is InChI=1S/C24H39N3O4.C19H31N3O2.C14H28N2O3.C9H20N2O.C9H22N2.C4H11N.CH4.9H2/c1-8-26(9-2)15-20(16(3)4)25-22(29)21-13-17-10-11-19(28)12-18(17)14-27(21)23(30)31-24(5,6)7;1-5-22(6-2)12-18(13(3)4)21-19(24)17-10-14-7-8-16(23)9-15(14)11-20-17;1-8-16(9-2)12(17)11(10(3)4)15-13(18)19-14(5,6)7;1-5-11(6-2)9(12)8(10)7(3)4;1-5-11(6-2)7-9(10)8(3)4;1-3-5-4-2;;;;;;;;;;/h10-12,16,20-21,28H,8-9,13-15H2,1-7H3,(H,25,29);7-9,13,17-18,20,23H,5-6,10-12H2,1-4H3,(H,21,24);10-11H,8-9H2,1-7H3,(H,15,18);7-8H,5-6,10H2,1-4H3;8-9H,5-7,10H2,1-4H3;5H,3-4H2,1-2H3;1H4;9*1H/t20-,21-;17-,18-;11-;8-;9-;;;;;;;;;;;/m11001.........../s1. The Morgan fingerprint density at radius 2 is 0.932 bits per heavy atom. The first-order valence-electron chi connectivity index (χ1n) is 38.5. The van der Waals surface area contributed by atoms with Crippen molar-refractivity contribution in [2.45, 2.75) is 281 Å². The summed E-state index contributed by atoms with van der Waals surface area (Å²) in [6.07, 6.45) is -0.0212. The number of aromatic hydroxyl groups is 2. The summed E-state index contributed by atoms with van der Waals surface area (Å²) in [7, 11) is 0. The topological polar surface area (TPSA) is 293 Å². The molecule has 103 heavy (non-hydrogen) atoms. The average Bonchev–Trinajstić information content (AvgIpc) is 0.789.